The van der Waals surface area contributed by atoms with Crippen LogP contribution in [0.2, 0.25) is 0 Å². The summed E-state index contributed by atoms with van der Waals surface area (Å²) in [6.07, 6.45) is 5.48. The highest BCUT2D eigenvalue weighted by atomic mass is 79.9. The van der Waals surface area contributed by atoms with Crippen LogP contribution in [-0.4, -0.2) is 22.8 Å². The molecule has 18 heavy (non-hydrogen) atoms. The van der Waals surface area contributed by atoms with E-state index in [-0.39, 0.29) is 0 Å². The number of alkyl halides is 1. The molecule has 0 aliphatic carbocycles. The van der Waals surface area contributed by atoms with E-state index in [1.807, 2.05) is 0 Å². The number of nitrogens with zero attached hydrogens (tertiary/aromatic N) is 1. The first kappa shape index (κ1) is 14.1. The molecule has 2 heteroatoms. The Morgan fingerprint density at radius 3 is 2.83 bits per heavy atom. The maximum absolute atomic E-state index is 3.69. The first-order valence-corrected chi connectivity index (χ1v) is 8.19. The van der Waals surface area contributed by atoms with Crippen LogP contribution in [0, 0.1) is 13.8 Å². The molecule has 1 aromatic rings. The number of hydrogen-bond acceptors (Lipinski definition) is 1. The van der Waals surface area contributed by atoms with Crippen LogP contribution in [0.1, 0.15) is 42.4 Å². The molecule has 1 aliphatic heterocycles. The Morgan fingerprint density at radius 1 is 1.22 bits per heavy atom. The second-order valence-corrected chi connectivity index (χ2v) is 6.21. The summed E-state index contributed by atoms with van der Waals surface area (Å²) in [5.41, 5.74) is 4.31. The summed E-state index contributed by atoms with van der Waals surface area (Å²) in [6.45, 7) is 6.79. The van der Waals surface area contributed by atoms with E-state index in [1.165, 1.54) is 48.9 Å². The van der Waals surface area contributed by atoms with Crippen molar-refractivity contribution in [2.75, 3.05) is 11.9 Å². The number of likely N-dealkylation sites (tertiary alicyclic amines) is 1. The van der Waals surface area contributed by atoms with E-state index in [4.69, 9.17) is 0 Å². The number of aryl methyl sites for hydroxylation is 2. The van der Waals surface area contributed by atoms with Crippen LogP contribution in [-0.2, 0) is 6.54 Å². The van der Waals surface area contributed by atoms with Crippen LogP contribution < -0.4 is 0 Å². The van der Waals surface area contributed by atoms with Crippen LogP contribution in [0.25, 0.3) is 0 Å². The van der Waals surface area contributed by atoms with Gasteiger partial charge >= 0.3 is 0 Å². The Labute approximate surface area is 120 Å². The Bertz CT molecular complexity index is 389. The van der Waals surface area contributed by atoms with Gasteiger partial charge in [0.05, 0.1) is 0 Å². The summed E-state index contributed by atoms with van der Waals surface area (Å²) in [5.74, 6) is 0. The second kappa shape index (κ2) is 6.72. The van der Waals surface area contributed by atoms with Crippen molar-refractivity contribution in [3.05, 3.63) is 34.9 Å². The van der Waals surface area contributed by atoms with Gasteiger partial charge in [-0.15, -0.1) is 0 Å². The van der Waals surface area contributed by atoms with Crippen LogP contribution in [0.4, 0.5) is 0 Å². The predicted molar refractivity (Wildman–Crippen MR) is 82.4 cm³/mol. The van der Waals surface area contributed by atoms with Crippen molar-refractivity contribution in [1.82, 2.24) is 4.90 Å². The smallest absolute Gasteiger partial charge is 0.0239 e. The number of benzene rings is 1. The first-order valence-electron chi connectivity index (χ1n) is 7.07. The zero-order valence-corrected chi connectivity index (χ0v) is 13.2. The zero-order valence-electron chi connectivity index (χ0n) is 11.6. The van der Waals surface area contributed by atoms with Crippen LogP contribution in [0.3, 0.4) is 0 Å². The second-order valence-electron chi connectivity index (χ2n) is 5.56. The summed E-state index contributed by atoms with van der Waals surface area (Å²) >= 11 is 3.69. The lowest BCUT2D eigenvalue weighted by atomic mass is 10.0. The van der Waals surface area contributed by atoms with Gasteiger partial charge in [-0.1, -0.05) is 52.5 Å². The molecule has 1 atom stereocenters. The molecule has 0 aromatic heterocycles. The summed E-state index contributed by atoms with van der Waals surface area (Å²) in [4.78, 5) is 2.67. The summed E-state index contributed by atoms with van der Waals surface area (Å²) in [5, 5.41) is 1.11. The Hall–Kier alpha value is -0.340. The lowest BCUT2D eigenvalue weighted by molar-refractivity contribution is 0.209. The van der Waals surface area contributed by atoms with Gasteiger partial charge in [-0.2, -0.15) is 0 Å². The lowest BCUT2D eigenvalue weighted by Crippen LogP contribution is -2.35. The van der Waals surface area contributed by atoms with Gasteiger partial charge in [-0.3, -0.25) is 4.90 Å². The van der Waals surface area contributed by atoms with Gasteiger partial charge < -0.3 is 0 Å². The van der Waals surface area contributed by atoms with Crippen LogP contribution >= 0.6 is 15.9 Å². The number of rotatable bonds is 3. The molecule has 1 aromatic carbocycles. The molecule has 100 valence electrons. The topological polar surface area (TPSA) is 3.24 Å². The largest absolute Gasteiger partial charge is 0.295 e. The van der Waals surface area contributed by atoms with E-state index in [9.17, 15) is 0 Å². The van der Waals surface area contributed by atoms with Gasteiger partial charge in [-0.25, -0.2) is 0 Å². The molecular formula is C16H24BrN. The van der Waals surface area contributed by atoms with Gasteiger partial charge in [0.2, 0.25) is 0 Å². The van der Waals surface area contributed by atoms with Gasteiger partial charge in [0.15, 0.2) is 0 Å². The highest BCUT2D eigenvalue weighted by molar-refractivity contribution is 9.09. The number of halogens is 1. The van der Waals surface area contributed by atoms with Gasteiger partial charge in [0.1, 0.15) is 0 Å². The quantitative estimate of drug-likeness (QED) is 0.746. The molecule has 1 unspecified atom stereocenters. The van der Waals surface area contributed by atoms with Gasteiger partial charge in [0, 0.05) is 17.9 Å². The third-order valence-electron chi connectivity index (χ3n) is 4.06. The summed E-state index contributed by atoms with van der Waals surface area (Å²) in [7, 11) is 0. The van der Waals surface area contributed by atoms with Gasteiger partial charge in [-0.05, 0) is 44.4 Å². The molecule has 1 saturated heterocycles. The third kappa shape index (κ3) is 3.58. The average Bonchev–Trinajstić information content (AvgIpc) is 2.59. The maximum atomic E-state index is 3.69. The highest BCUT2D eigenvalue weighted by Crippen LogP contribution is 2.22. The molecule has 0 spiro atoms. The van der Waals surface area contributed by atoms with E-state index < -0.39 is 0 Å². The maximum Gasteiger partial charge on any atom is 0.0239 e. The van der Waals surface area contributed by atoms with E-state index in [0.717, 1.165) is 11.9 Å². The Balaban J connectivity index is 2.12. The molecule has 0 bridgehead atoms. The van der Waals surface area contributed by atoms with Crippen molar-refractivity contribution in [2.45, 2.75) is 52.1 Å². The van der Waals surface area contributed by atoms with E-state index >= 15 is 0 Å². The number of hydrogen-bond donors (Lipinski definition) is 0. The fraction of sp³-hybridized carbons (Fsp3) is 0.625. The van der Waals surface area contributed by atoms with E-state index in [2.05, 4.69) is 52.9 Å². The summed E-state index contributed by atoms with van der Waals surface area (Å²) < 4.78 is 0. The standard InChI is InChI=1S/C16H24BrN/c1-13-7-8-14(2)15(10-13)12-18-9-5-3-4-6-16(18)11-17/h7-8,10,16H,3-6,9,11-12H2,1-2H3. The molecule has 0 saturated carbocycles. The fourth-order valence-electron chi connectivity index (χ4n) is 2.81. The highest BCUT2D eigenvalue weighted by Gasteiger charge is 2.20. The lowest BCUT2D eigenvalue weighted by Gasteiger charge is -2.29. The summed E-state index contributed by atoms with van der Waals surface area (Å²) in [6, 6.07) is 7.54. The van der Waals surface area contributed by atoms with Gasteiger partial charge in [0.25, 0.3) is 0 Å². The molecular weight excluding hydrogens is 286 g/mol. The van der Waals surface area contributed by atoms with Crippen molar-refractivity contribution >= 4 is 15.9 Å². The minimum Gasteiger partial charge on any atom is -0.295 e. The molecule has 0 radical (unpaired) electrons. The molecule has 2 rings (SSSR count). The predicted octanol–water partition coefficient (Wildman–Crippen LogP) is 4.44. The molecule has 1 fully saturated rings. The minimum atomic E-state index is 0.715. The monoisotopic (exact) mass is 309 g/mol. The fourth-order valence-corrected chi connectivity index (χ4v) is 3.54. The van der Waals surface area contributed by atoms with Crippen molar-refractivity contribution in [3.63, 3.8) is 0 Å². The Kier molecular flexibility index (Phi) is 5.25. The zero-order chi connectivity index (χ0) is 13.0. The minimum absolute atomic E-state index is 0.715. The average molecular weight is 310 g/mol. The Morgan fingerprint density at radius 2 is 2.06 bits per heavy atom. The van der Waals surface area contributed by atoms with Crippen LogP contribution in [0.15, 0.2) is 18.2 Å². The van der Waals surface area contributed by atoms with Crippen molar-refractivity contribution < 1.29 is 0 Å². The van der Waals surface area contributed by atoms with Crippen LogP contribution in [0.5, 0.6) is 0 Å². The molecule has 1 heterocycles. The third-order valence-corrected chi connectivity index (χ3v) is 4.80. The van der Waals surface area contributed by atoms with E-state index in [0.29, 0.717) is 6.04 Å². The van der Waals surface area contributed by atoms with Crippen molar-refractivity contribution in [1.29, 1.82) is 0 Å². The van der Waals surface area contributed by atoms with Crippen molar-refractivity contribution in [2.24, 2.45) is 0 Å². The SMILES string of the molecule is Cc1ccc(C)c(CN2CCCCCC2CBr)c1. The van der Waals surface area contributed by atoms with E-state index in [1.54, 1.807) is 0 Å². The molecule has 1 nitrogen and oxygen atoms in total. The normalized spacial score (nSPS) is 21.8. The molecule has 0 N–H and O–H groups in total. The first-order chi connectivity index (χ1) is 8.70. The molecule has 0 amide bonds. The molecule has 1 aliphatic rings. The van der Waals surface area contributed by atoms with Crippen molar-refractivity contribution in [3.8, 4) is 0 Å².